The molecule has 3 saturated heterocycles. The first-order chi connectivity index (χ1) is 17.2. The van der Waals surface area contributed by atoms with Crippen LogP contribution in [0.3, 0.4) is 0 Å². The van der Waals surface area contributed by atoms with E-state index < -0.39 is 24.0 Å². The van der Waals surface area contributed by atoms with E-state index in [0.717, 1.165) is 50.1 Å². The normalized spacial score (nSPS) is 31.8. The Labute approximate surface area is 213 Å². The maximum Gasteiger partial charge on any atom is 0.410 e. The molecule has 3 aliphatic heterocycles. The van der Waals surface area contributed by atoms with Crippen LogP contribution in [-0.2, 0) is 14.3 Å². The first kappa shape index (κ1) is 26.7. The SMILES string of the molecule is CC(C)[C@H]1CC[C@H](C)C[C@@H]1OC(=O)N1CCN(C(=O)N2C(=O)[C@H](CC3CCNCC3)[C@H]2C(=O)O)CC1. The highest BCUT2D eigenvalue weighted by Crippen LogP contribution is 2.37. The number of carbonyl (C=O) groups excluding carboxylic acids is 3. The molecule has 10 nitrogen and oxygen atoms in total. The van der Waals surface area contributed by atoms with E-state index in [-0.39, 0.29) is 31.2 Å². The lowest BCUT2D eigenvalue weighted by Gasteiger charge is -2.47. The largest absolute Gasteiger partial charge is 0.480 e. The van der Waals surface area contributed by atoms with E-state index in [9.17, 15) is 24.3 Å². The maximum absolute atomic E-state index is 13.1. The van der Waals surface area contributed by atoms with E-state index in [0.29, 0.717) is 43.2 Å². The fourth-order valence-electron chi connectivity index (χ4n) is 6.44. The molecule has 36 heavy (non-hydrogen) atoms. The van der Waals surface area contributed by atoms with Crippen molar-refractivity contribution < 1.29 is 29.0 Å². The van der Waals surface area contributed by atoms with E-state index >= 15 is 0 Å². The number of aliphatic carboxylic acids is 1. The van der Waals surface area contributed by atoms with Crippen molar-refractivity contribution in [2.24, 2.45) is 29.6 Å². The van der Waals surface area contributed by atoms with Crippen LogP contribution in [0.2, 0.25) is 0 Å². The predicted molar refractivity (Wildman–Crippen MR) is 132 cm³/mol. The van der Waals surface area contributed by atoms with Gasteiger partial charge in [-0.15, -0.1) is 0 Å². The molecule has 0 spiro atoms. The summed E-state index contributed by atoms with van der Waals surface area (Å²) < 4.78 is 5.94. The molecule has 2 N–H and O–H groups in total. The van der Waals surface area contributed by atoms with Gasteiger partial charge < -0.3 is 25.0 Å². The molecule has 0 bridgehead atoms. The van der Waals surface area contributed by atoms with E-state index in [2.05, 4.69) is 26.1 Å². The van der Waals surface area contributed by atoms with Crippen molar-refractivity contribution in [1.29, 1.82) is 0 Å². The standard InChI is InChI=1S/C26H42N4O6/c1-16(2)19-5-4-17(3)14-21(19)36-26(35)29-12-10-28(11-13-29)25(34)30-22(24(32)33)20(23(30)31)15-18-6-8-27-9-7-18/h16-22,27H,4-15H2,1-3H3,(H,32,33)/t17-,19+,20+,21-,22-/m0/s1. The Kier molecular flexibility index (Phi) is 8.42. The van der Waals surface area contributed by atoms with E-state index in [1.54, 1.807) is 4.90 Å². The molecule has 4 aliphatic rings. The molecule has 0 aromatic rings. The highest BCUT2D eigenvalue weighted by Gasteiger charge is 2.56. The molecular formula is C26H42N4O6. The lowest BCUT2D eigenvalue weighted by Crippen LogP contribution is -2.69. The number of piperidine rings is 1. The zero-order valence-corrected chi connectivity index (χ0v) is 21.9. The highest BCUT2D eigenvalue weighted by molar-refractivity contribution is 6.07. The number of hydrogen-bond acceptors (Lipinski definition) is 6. The van der Waals surface area contributed by atoms with Gasteiger partial charge >= 0.3 is 18.1 Å². The van der Waals surface area contributed by atoms with Gasteiger partial charge in [-0.3, -0.25) is 4.79 Å². The topological polar surface area (TPSA) is 119 Å². The molecule has 0 aromatic carbocycles. The van der Waals surface area contributed by atoms with Crippen LogP contribution in [0.15, 0.2) is 0 Å². The van der Waals surface area contributed by atoms with Crippen LogP contribution in [0.25, 0.3) is 0 Å². The quantitative estimate of drug-likeness (QED) is 0.550. The van der Waals surface area contributed by atoms with Gasteiger partial charge in [0, 0.05) is 26.2 Å². The Bertz CT molecular complexity index is 836. The van der Waals surface area contributed by atoms with Gasteiger partial charge in [-0.05, 0) is 68.9 Å². The lowest BCUT2D eigenvalue weighted by atomic mass is 9.75. The average Bonchev–Trinajstić information content (AvgIpc) is 2.85. The zero-order valence-electron chi connectivity index (χ0n) is 21.9. The molecule has 1 aliphatic carbocycles. The fourth-order valence-corrected chi connectivity index (χ4v) is 6.44. The van der Waals surface area contributed by atoms with Gasteiger partial charge in [0.25, 0.3) is 0 Å². The summed E-state index contributed by atoms with van der Waals surface area (Å²) in [6.07, 6.45) is 5.00. The molecule has 202 valence electrons. The number of rotatable bonds is 5. The number of piperazine rings is 1. The van der Waals surface area contributed by atoms with Crippen molar-refractivity contribution in [2.45, 2.75) is 71.4 Å². The van der Waals surface area contributed by atoms with Crippen molar-refractivity contribution in [3.8, 4) is 0 Å². The number of nitrogens with one attached hydrogen (secondary N) is 1. The monoisotopic (exact) mass is 506 g/mol. The summed E-state index contributed by atoms with van der Waals surface area (Å²) in [6.45, 7) is 9.38. The molecule has 10 heteroatoms. The molecule has 0 radical (unpaired) electrons. The molecular weight excluding hydrogens is 464 g/mol. The van der Waals surface area contributed by atoms with Crippen LogP contribution >= 0.6 is 0 Å². The minimum Gasteiger partial charge on any atom is -0.480 e. The fraction of sp³-hybridized carbons (Fsp3) is 0.846. The van der Waals surface area contributed by atoms with Crippen LogP contribution in [0, 0.1) is 29.6 Å². The van der Waals surface area contributed by atoms with Gasteiger partial charge in [0.1, 0.15) is 6.10 Å². The summed E-state index contributed by atoms with van der Waals surface area (Å²) in [6, 6.07) is -1.67. The molecule has 4 fully saturated rings. The summed E-state index contributed by atoms with van der Waals surface area (Å²) in [5, 5.41) is 13.0. The Morgan fingerprint density at radius 1 is 1.03 bits per heavy atom. The van der Waals surface area contributed by atoms with Gasteiger partial charge in [0.15, 0.2) is 6.04 Å². The predicted octanol–water partition coefficient (Wildman–Crippen LogP) is 2.62. The minimum absolute atomic E-state index is 0.0900. The number of likely N-dealkylation sites (tertiary alicyclic amines) is 1. The van der Waals surface area contributed by atoms with Crippen LogP contribution in [0.1, 0.15) is 59.3 Å². The van der Waals surface area contributed by atoms with Crippen LogP contribution in [0.4, 0.5) is 9.59 Å². The molecule has 3 heterocycles. The number of carboxylic acid groups (broad SMARTS) is 1. The third-order valence-corrected chi connectivity index (χ3v) is 8.74. The van der Waals surface area contributed by atoms with Crippen molar-refractivity contribution in [3.05, 3.63) is 0 Å². The molecule has 5 atom stereocenters. The summed E-state index contributed by atoms with van der Waals surface area (Å²) in [5.74, 6) is -0.531. The van der Waals surface area contributed by atoms with Crippen molar-refractivity contribution in [2.75, 3.05) is 39.3 Å². The number of urea groups is 1. The van der Waals surface area contributed by atoms with Crippen molar-refractivity contribution in [1.82, 2.24) is 20.0 Å². The highest BCUT2D eigenvalue weighted by atomic mass is 16.6. The van der Waals surface area contributed by atoms with Gasteiger partial charge in [-0.1, -0.05) is 27.2 Å². The Balaban J connectivity index is 1.29. The van der Waals surface area contributed by atoms with Gasteiger partial charge in [-0.25, -0.2) is 19.3 Å². The second-order valence-corrected chi connectivity index (χ2v) is 11.5. The number of carboxylic acids is 1. The Morgan fingerprint density at radius 3 is 2.28 bits per heavy atom. The average molecular weight is 507 g/mol. The third kappa shape index (κ3) is 5.63. The summed E-state index contributed by atoms with van der Waals surface area (Å²) in [4.78, 5) is 54.8. The van der Waals surface area contributed by atoms with E-state index in [1.165, 1.54) is 4.90 Å². The second-order valence-electron chi connectivity index (χ2n) is 11.5. The number of hydrogen-bond donors (Lipinski definition) is 2. The number of amides is 4. The number of nitrogens with zero attached hydrogens (tertiary/aromatic N) is 3. The van der Waals surface area contributed by atoms with Gasteiger partial charge in [0.05, 0.1) is 5.92 Å². The van der Waals surface area contributed by atoms with Crippen LogP contribution in [-0.4, -0.2) is 95.2 Å². The smallest absolute Gasteiger partial charge is 0.410 e. The van der Waals surface area contributed by atoms with E-state index in [1.807, 2.05) is 0 Å². The van der Waals surface area contributed by atoms with Gasteiger partial charge in [-0.2, -0.15) is 0 Å². The molecule has 0 aromatic heterocycles. The lowest BCUT2D eigenvalue weighted by molar-refractivity contribution is -0.167. The zero-order chi connectivity index (χ0) is 26.0. The first-order valence-electron chi connectivity index (χ1n) is 13.7. The van der Waals surface area contributed by atoms with E-state index in [4.69, 9.17) is 4.74 Å². The first-order valence-corrected chi connectivity index (χ1v) is 13.7. The minimum atomic E-state index is -1.13. The van der Waals surface area contributed by atoms with Crippen LogP contribution < -0.4 is 5.32 Å². The molecule has 1 saturated carbocycles. The number of imide groups is 1. The van der Waals surface area contributed by atoms with Crippen molar-refractivity contribution in [3.63, 3.8) is 0 Å². The van der Waals surface area contributed by atoms with Gasteiger partial charge in [0.2, 0.25) is 5.91 Å². The summed E-state index contributed by atoms with van der Waals surface area (Å²) >= 11 is 0. The summed E-state index contributed by atoms with van der Waals surface area (Å²) in [7, 11) is 0. The van der Waals surface area contributed by atoms with Crippen LogP contribution in [0.5, 0.6) is 0 Å². The number of carbonyl (C=O) groups is 4. The summed E-state index contributed by atoms with van der Waals surface area (Å²) in [5.41, 5.74) is 0. The third-order valence-electron chi connectivity index (χ3n) is 8.74. The number of β-lactam (4-membered cyclic amide) rings is 1. The molecule has 4 rings (SSSR count). The Hall–Kier alpha value is -2.36. The molecule has 4 amide bonds. The maximum atomic E-state index is 13.1. The Morgan fingerprint density at radius 2 is 1.67 bits per heavy atom. The molecule has 0 unspecified atom stereocenters. The van der Waals surface area contributed by atoms with Crippen molar-refractivity contribution >= 4 is 24.0 Å². The number of ether oxygens (including phenoxy) is 1. The second kappa shape index (κ2) is 11.4.